The van der Waals surface area contributed by atoms with Crippen molar-refractivity contribution in [1.29, 1.82) is 0 Å². The van der Waals surface area contributed by atoms with Gasteiger partial charge in [-0.1, -0.05) is 5.16 Å². The summed E-state index contributed by atoms with van der Waals surface area (Å²) >= 11 is 0. The molecule has 1 saturated heterocycles. The van der Waals surface area contributed by atoms with Crippen LogP contribution in [0.2, 0.25) is 0 Å². The maximum Gasteiger partial charge on any atom is 0.243 e. The molecule has 0 spiro atoms. The van der Waals surface area contributed by atoms with Crippen LogP contribution in [0.1, 0.15) is 24.1 Å². The van der Waals surface area contributed by atoms with Gasteiger partial charge in [-0.2, -0.15) is 0 Å². The van der Waals surface area contributed by atoms with Crippen LogP contribution in [0.5, 0.6) is 0 Å². The molecule has 1 fully saturated rings. The van der Waals surface area contributed by atoms with Crippen molar-refractivity contribution in [2.45, 2.75) is 25.4 Å². The first-order chi connectivity index (χ1) is 9.60. The van der Waals surface area contributed by atoms with Gasteiger partial charge in [-0.25, -0.2) is 0 Å². The molecule has 1 aromatic rings. The van der Waals surface area contributed by atoms with Crippen LogP contribution < -0.4 is 16.4 Å². The van der Waals surface area contributed by atoms with E-state index in [2.05, 4.69) is 20.8 Å². The lowest BCUT2D eigenvalue weighted by Gasteiger charge is -2.21. The summed E-state index contributed by atoms with van der Waals surface area (Å²) in [6.45, 7) is 0.417. The highest BCUT2D eigenvalue weighted by Gasteiger charge is 2.25. The van der Waals surface area contributed by atoms with Gasteiger partial charge in [0.2, 0.25) is 11.8 Å². The van der Waals surface area contributed by atoms with Crippen LogP contribution in [-0.2, 0) is 16.1 Å². The van der Waals surface area contributed by atoms with Gasteiger partial charge < -0.3 is 16.3 Å². The number of amides is 2. The van der Waals surface area contributed by atoms with Crippen LogP contribution in [-0.4, -0.2) is 33.9 Å². The molecule has 20 heavy (non-hydrogen) atoms. The number of nitrogens with one attached hydrogen (secondary N) is 2. The van der Waals surface area contributed by atoms with E-state index in [1.165, 1.54) is 6.20 Å². The molecule has 0 radical (unpaired) electrons. The fraction of sp³-hybridized carbons (Fsp3) is 0.333. The van der Waals surface area contributed by atoms with E-state index in [1.807, 2.05) is 0 Å². The van der Waals surface area contributed by atoms with Crippen LogP contribution in [0.15, 0.2) is 23.5 Å². The highest BCUT2D eigenvalue weighted by atomic mass is 16.4. The van der Waals surface area contributed by atoms with Crippen molar-refractivity contribution in [3.05, 3.63) is 29.6 Å². The maximum absolute atomic E-state index is 11.6. The molecular formula is C12H15N5O3. The molecule has 1 aromatic heterocycles. The summed E-state index contributed by atoms with van der Waals surface area (Å²) in [5, 5.41) is 16.8. The number of amidine groups is 1. The van der Waals surface area contributed by atoms with Gasteiger partial charge in [-0.15, -0.1) is 0 Å². The van der Waals surface area contributed by atoms with Crippen LogP contribution in [0, 0.1) is 0 Å². The fourth-order valence-corrected chi connectivity index (χ4v) is 1.90. The summed E-state index contributed by atoms with van der Waals surface area (Å²) in [5.74, 6) is -0.633. The highest BCUT2D eigenvalue weighted by Crippen LogP contribution is 2.07. The third-order valence-corrected chi connectivity index (χ3v) is 2.99. The molecule has 5 N–H and O–H groups in total. The van der Waals surface area contributed by atoms with Gasteiger partial charge in [0, 0.05) is 19.2 Å². The first-order valence-corrected chi connectivity index (χ1v) is 6.10. The predicted molar refractivity (Wildman–Crippen MR) is 69.8 cm³/mol. The van der Waals surface area contributed by atoms with Gasteiger partial charge in [0.05, 0.1) is 6.04 Å². The smallest absolute Gasteiger partial charge is 0.243 e. The lowest BCUT2D eigenvalue weighted by molar-refractivity contribution is -0.134. The quantitative estimate of drug-likeness (QED) is 0.185. The zero-order chi connectivity index (χ0) is 14.5. The lowest BCUT2D eigenvalue weighted by atomic mass is 10.1. The average Bonchev–Trinajstić information content (AvgIpc) is 2.46. The Morgan fingerprint density at radius 1 is 1.60 bits per heavy atom. The SMILES string of the molecule is NC(=NO)c1cc(CNC2CCC(=O)NC2=O)ccn1. The number of oxime groups is 1. The van der Waals surface area contributed by atoms with Crippen molar-refractivity contribution >= 4 is 17.6 Å². The molecule has 2 rings (SSSR count). The Morgan fingerprint density at radius 3 is 3.10 bits per heavy atom. The molecule has 1 aliphatic rings. The van der Waals surface area contributed by atoms with Crippen LogP contribution in [0.3, 0.4) is 0 Å². The highest BCUT2D eigenvalue weighted by molar-refractivity contribution is 6.00. The van der Waals surface area contributed by atoms with Crippen molar-refractivity contribution in [3.8, 4) is 0 Å². The number of nitrogens with two attached hydrogens (primary N) is 1. The molecule has 0 bridgehead atoms. The Kier molecular flexibility index (Phi) is 4.26. The monoisotopic (exact) mass is 277 g/mol. The molecule has 2 heterocycles. The van der Waals surface area contributed by atoms with E-state index >= 15 is 0 Å². The summed E-state index contributed by atoms with van der Waals surface area (Å²) in [6, 6.07) is 3.02. The first kappa shape index (κ1) is 13.9. The predicted octanol–water partition coefficient (Wildman–Crippen LogP) is -0.929. The number of carbonyl (C=O) groups excluding carboxylic acids is 2. The van der Waals surface area contributed by atoms with Gasteiger partial charge in [-0.3, -0.25) is 19.9 Å². The maximum atomic E-state index is 11.6. The number of nitrogens with zero attached hydrogens (tertiary/aromatic N) is 2. The van der Waals surface area contributed by atoms with Crippen LogP contribution in [0.4, 0.5) is 0 Å². The molecule has 0 aliphatic carbocycles. The number of hydrogen-bond donors (Lipinski definition) is 4. The molecule has 2 amide bonds. The second-order valence-electron chi connectivity index (χ2n) is 4.42. The minimum absolute atomic E-state index is 0.0761. The zero-order valence-corrected chi connectivity index (χ0v) is 10.7. The first-order valence-electron chi connectivity index (χ1n) is 6.10. The second kappa shape index (κ2) is 6.11. The Labute approximate surface area is 115 Å². The molecular weight excluding hydrogens is 262 g/mol. The molecule has 1 aliphatic heterocycles. The number of pyridine rings is 1. The number of carbonyl (C=O) groups is 2. The number of aromatic nitrogens is 1. The van der Waals surface area contributed by atoms with Crippen molar-refractivity contribution in [1.82, 2.24) is 15.6 Å². The van der Waals surface area contributed by atoms with Gasteiger partial charge in [0.1, 0.15) is 5.69 Å². The van der Waals surface area contributed by atoms with E-state index in [-0.39, 0.29) is 17.6 Å². The molecule has 8 nitrogen and oxygen atoms in total. The Morgan fingerprint density at radius 2 is 2.40 bits per heavy atom. The van der Waals surface area contributed by atoms with E-state index < -0.39 is 6.04 Å². The summed E-state index contributed by atoms with van der Waals surface area (Å²) < 4.78 is 0. The molecule has 8 heteroatoms. The van der Waals surface area contributed by atoms with Crippen molar-refractivity contribution in [2.24, 2.45) is 10.9 Å². The van der Waals surface area contributed by atoms with Gasteiger partial charge in [0.15, 0.2) is 5.84 Å². The van der Waals surface area contributed by atoms with E-state index in [1.54, 1.807) is 12.1 Å². The third-order valence-electron chi connectivity index (χ3n) is 2.99. The largest absolute Gasteiger partial charge is 0.409 e. The Bertz CT molecular complexity index is 558. The minimum Gasteiger partial charge on any atom is -0.409 e. The van der Waals surface area contributed by atoms with E-state index in [4.69, 9.17) is 10.9 Å². The molecule has 1 unspecified atom stereocenters. The molecule has 106 valence electrons. The summed E-state index contributed by atoms with van der Waals surface area (Å²) in [5.41, 5.74) is 6.65. The average molecular weight is 277 g/mol. The molecule has 0 saturated carbocycles. The molecule has 0 aromatic carbocycles. The normalized spacial score (nSPS) is 19.8. The van der Waals surface area contributed by atoms with Crippen molar-refractivity contribution in [3.63, 3.8) is 0 Å². The van der Waals surface area contributed by atoms with E-state index in [0.29, 0.717) is 25.1 Å². The summed E-state index contributed by atoms with van der Waals surface area (Å²) in [4.78, 5) is 26.6. The van der Waals surface area contributed by atoms with Crippen molar-refractivity contribution in [2.75, 3.05) is 0 Å². The minimum atomic E-state index is -0.395. The second-order valence-corrected chi connectivity index (χ2v) is 4.42. The number of piperidine rings is 1. The summed E-state index contributed by atoms with van der Waals surface area (Å²) in [6.07, 6.45) is 2.34. The fourth-order valence-electron chi connectivity index (χ4n) is 1.90. The van der Waals surface area contributed by atoms with E-state index in [9.17, 15) is 9.59 Å². The number of imide groups is 1. The van der Waals surface area contributed by atoms with Gasteiger partial charge in [-0.05, 0) is 24.1 Å². The summed E-state index contributed by atoms with van der Waals surface area (Å²) in [7, 11) is 0. The molecule has 1 atom stereocenters. The third kappa shape index (κ3) is 3.29. The van der Waals surface area contributed by atoms with Crippen LogP contribution >= 0.6 is 0 Å². The Balaban J connectivity index is 1.97. The van der Waals surface area contributed by atoms with E-state index in [0.717, 1.165) is 5.56 Å². The van der Waals surface area contributed by atoms with Gasteiger partial charge in [0.25, 0.3) is 0 Å². The van der Waals surface area contributed by atoms with Gasteiger partial charge >= 0.3 is 0 Å². The van der Waals surface area contributed by atoms with Crippen LogP contribution in [0.25, 0.3) is 0 Å². The standard InChI is InChI=1S/C12H15N5O3/c13-11(17-20)9-5-7(3-4-14-9)6-15-8-1-2-10(18)16-12(8)19/h3-5,8,15,20H,1-2,6H2,(H2,13,17)(H,16,18,19). The number of rotatable bonds is 4. The van der Waals surface area contributed by atoms with Crippen molar-refractivity contribution < 1.29 is 14.8 Å². The Hall–Kier alpha value is -2.48. The zero-order valence-electron chi connectivity index (χ0n) is 10.7. The topological polar surface area (TPSA) is 130 Å². The lowest BCUT2D eigenvalue weighted by Crippen LogP contribution is -2.50. The number of hydrogen-bond acceptors (Lipinski definition) is 6.